The van der Waals surface area contributed by atoms with Crippen LogP contribution in [0.25, 0.3) is 0 Å². The SMILES string of the molecule is CC(O)C1CCN(C(=O)c2ccc(O)c(O)c2)C1. The van der Waals surface area contributed by atoms with Crippen LogP contribution in [0.5, 0.6) is 11.5 Å². The Morgan fingerprint density at radius 2 is 2.11 bits per heavy atom. The molecule has 1 amide bonds. The fourth-order valence-corrected chi connectivity index (χ4v) is 2.20. The number of aromatic hydroxyl groups is 2. The molecule has 1 aromatic rings. The maximum Gasteiger partial charge on any atom is 0.254 e. The number of carbonyl (C=O) groups is 1. The van der Waals surface area contributed by atoms with Gasteiger partial charge in [0.15, 0.2) is 11.5 Å². The van der Waals surface area contributed by atoms with Crippen LogP contribution in [0, 0.1) is 5.92 Å². The Morgan fingerprint density at radius 3 is 2.67 bits per heavy atom. The lowest BCUT2D eigenvalue weighted by molar-refractivity contribution is 0.0762. The zero-order valence-corrected chi connectivity index (χ0v) is 10.2. The highest BCUT2D eigenvalue weighted by molar-refractivity contribution is 5.95. The summed E-state index contributed by atoms with van der Waals surface area (Å²) in [5, 5.41) is 28.1. The molecule has 2 unspecified atom stereocenters. The molecular weight excluding hydrogens is 234 g/mol. The van der Waals surface area contributed by atoms with Gasteiger partial charge >= 0.3 is 0 Å². The summed E-state index contributed by atoms with van der Waals surface area (Å²) < 4.78 is 0. The summed E-state index contributed by atoms with van der Waals surface area (Å²) in [5.41, 5.74) is 0.344. The number of rotatable bonds is 2. The quantitative estimate of drug-likeness (QED) is 0.683. The molecule has 18 heavy (non-hydrogen) atoms. The number of hydrogen-bond acceptors (Lipinski definition) is 4. The first-order valence-electron chi connectivity index (χ1n) is 5.98. The average Bonchev–Trinajstić information content (AvgIpc) is 2.81. The Labute approximate surface area is 105 Å². The van der Waals surface area contributed by atoms with Gasteiger partial charge < -0.3 is 20.2 Å². The van der Waals surface area contributed by atoms with Gasteiger partial charge in [-0.05, 0) is 31.5 Å². The summed E-state index contributed by atoms with van der Waals surface area (Å²) in [6.45, 7) is 2.86. The van der Waals surface area contributed by atoms with Crippen molar-refractivity contribution < 1.29 is 20.1 Å². The molecule has 5 heteroatoms. The van der Waals surface area contributed by atoms with E-state index >= 15 is 0 Å². The van der Waals surface area contributed by atoms with Crippen LogP contribution < -0.4 is 0 Å². The predicted molar refractivity (Wildman–Crippen MR) is 65.5 cm³/mol. The maximum atomic E-state index is 12.1. The topological polar surface area (TPSA) is 81.0 Å². The van der Waals surface area contributed by atoms with E-state index < -0.39 is 6.10 Å². The van der Waals surface area contributed by atoms with E-state index in [0.29, 0.717) is 18.7 Å². The molecule has 1 fully saturated rings. The van der Waals surface area contributed by atoms with Gasteiger partial charge in [0.2, 0.25) is 0 Å². The zero-order chi connectivity index (χ0) is 13.3. The zero-order valence-electron chi connectivity index (χ0n) is 10.2. The van der Waals surface area contributed by atoms with Crippen molar-refractivity contribution in [1.82, 2.24) is 4.90 Å². The highest BCUT2D eigenvalue weighted by Crippen LogP contribution is 2.27. The largest absolute Gasteiger partial charge is 0.504 e. The summed E-state index contributed by atoms with van der Waals surface area (Å²) in [7, 11) is 0. The molecule has 2 atom stereocenters. The lowest BCUT2D eigenvalue weighted by Crippen LogP contribution is -2.30. The molecule has 1 aromatic carbocycles. The monoisotopic (exact) mass is 251 g/mol. The van der Waals surface area contributed by atoms with Crippen LogP contribution in [-0.2, 0) is 0 Å². The number of aliphatic hydroxyl groups is 1. The first kappa shape index (κ1) is 12.7. The second-order valence-electron chi connectivity index (χ2n) is 4.74. The van der Waals surface area contributed by atoms with E-state index in [1.54, 1.807) is 11.8 Å². The van der Waals surface area contributed by atoms with Crippen LogP contribution in [0.4, 0.5) is 0 Å². The minimum absolute atomic E-state index is 0.111. The molecule has 0 radical (unpaired) electrons. The van der Waals surface area contributed by atoms with E-state index in [9.17, 15) is 20.1 Å². The number of hydrogen-bond donors (Lipinski definition) is 3. The molecule has 1 aliphatic rings. The van der Waals surface area contributed by atoms with Crippen LogP contribution in [0.2, 0.25) is 0 Å². The third-order valence-corrected chi connectivity index (χ3v) is 3.42. The Bertz CT molecular complexity index is 458. The van der Waals surface area contributed by atoms with E-state index in [2.05, 4.69) is 0 Å². The van der Waals surface area contributed by atoms with E-state index in [4.69, 9.17) is 0 Å². The second kappa shape index (κ2) is 4.86. The molecule has 98 valence electrons. The minimum atomic E-state index is -0.420. The van der Waals surface area contributed by atoms with Crippen molar-refractivity contribution in [3.05, 3.63) is 23.8 Å². The van der Waals surface area contributed by atoms with Gasteiger partial charge in [0, 0.05) is 24.6 Å². The Morgan fingerprint density at radius 1 is 1.39 bits per heavy atom. The number of likely N-dealkylation sites (tertiary alicyclic amines) is 1. The molecule has 1 saturated heterocycles. The molecule has 3 N–H and O–H groups in total. The Kier molecular flexibility index (Phi) is 3.43. The van der Waals surface area contributed by atoms with Gasteiger partial charge in [-0.25, -0.2) is 0 Å². The summed E-state index contributed by atoms with van der Waals surface area (Å²) in [4.78, 5) is 13.8. The molecular formula is C13H17NO4. The van der Waals surface area contributed by atoms with Crippen molar-refractivity contribution in [3.63, 3.8) is 0 Å². The summed E-state index contributed by atoms with van der Waals surface area (Å²) in [6, 6.07) is 4.03. The van der Waals surface area contributed by atoms with Crippen molar-refractivity contribution >= 4 is 5.91 Å². The van der Waals surface area contributed by atoms with E-state index in [1.807, 2.05) is 0 Å². The number of phenolic OH excluding ortho intramolecular Hbond substituents is 2. The maximum absolute atomic E-state index is 12.1. The normalized spacial score (nSPS) is 21.0. The third kappa shape index (κ3) is 2.41. The standard InChI is InChI=1S/C13H17NO4/c1-8(15)10-4-5-14(7-10)13(18)9-2-3-11(16)12(17)6-9/h2-3,6,8,10,15-17H,4-5,7H2,1H3. The van der Waals surface area contributed by atoms with Crippen LogP contribution in [0.15, 0.2) is 18.2 Å². The molecule has 1 heterocycles. The number of phenols is 2. The summed E-state index contributed by atoms with van der Waals surface area (Å²) >= 11 is 0. The van der Waals surface area contributed by atoms with E-state index in [-0.39, 0.29) is 23.3 Å². The van der Waals surface area contributed by atoms with Gasteiger partial charge in [-0.2, -0.15) is 0 Å². The third-order valence-electron chi connectivity index (χ3n) is 3.42. The molecule has 0 aliphatic carbocycles. The smallest absolute Gasteiger partial charge is 0.254 e. The van der Waals surface area contributed by atoms with Crippen molar-refractivity contribution in [2.45, 2.75) is 19.4 Å². The second-order valence-corrected chi connectivity index (χ2v) is 4.74. The molecule has 5 nitrogen and oxygen atoms in total. The molecule has 0 bridgehead atoms. The highest BCUT2D eigenvalue weighted by atomic mass is 16.3. The van der Waals surface area contributed by atoms with Crippen LogP contribution >= 0.6 is 0 Å². The lowest BCUT2D eigenvalue weighted by Gasteiger charge is -2.18. The highest BCUT2D eigenvalue weighted by Gasteiger charge is 2.29. The molecule has 2 rings (SSSR count). The van der Waals surface area contributed by atoms with Crippen molar-refractivity contribution in [2.75, 3.05) is 13.1 Å². The predicted octanol–water partition coefficient (Wildman–Crippen LogP) is 0.941. The fourth-order valence-electron chi connectivity index (χ4n) is 2.20. The summed E-state index contributed by atoms with van der Waals surface area (Å²) in [6.07, 6.45) is 0.365. The van der Waals surface area contributed by atoms with Crippen LogP contribution in [0.1, 0.15) is 23.7 Å². The molecule has 0 saturated carbocycles. The number of nitrogens with zero attached hydrogens (tertiary/aromatic N) is 1. The van der Waals surface area contributed by atoms with E-state index in [1.165, 1.54) is 18.2 Å². The first-order chi connectivity index (χ1) is 8.49. The van der Waals surface area contributed by atoms with Gasteiger partial charge in [0.25, 0.3) is 5.91 Å². The molecule has 1 aliphatic heterocycles. The van der Waals surface area contributed by atoms with Crippen LogP contribution in [-0.4, -0.2) is 45.3 Å². The van der Waals surface area contributed by atoms with E-state index in [0.717, 1.165) is 6.42 Å². The average molecular weight is 251 g/mol. The van der Waals surface area contributed by atoms with Gasteiger partial charge in [-0.15, -0.1) is 0 Å². The van der Waals surface area contributed by atoms with Gasteiger partial charge in [0.1, 0.15) is 0 Å². The number of amides is 1. The van der Waals surface area contributed by atoms with Gasteiger partial charge in [-0.1, -0.05) is 0 Å². The van der Waals surface area contributed by atoms with Crippen molar-refractivity contribution in [3.8, 4) is 11.5 Å². The number of carbonyl (C=O) groups excluding carboxylic acids is 1. The fraction of sp³-hybridized carbons (Fsp3) is 0.462. The van der Waals surface area contributed by atoms with Crippen molar-refractivity contribution in [1.29, 1.82) is 0 Å². The number of benzene rings is 1. The Hall–Kier alpha value is -1.75. The number of aliphatic hydroxyl groups excluding tert-OH is 1. The minimum Gasteiger partial charge on any atom is -0.504 e. The molecule has 0 spiro atoms. The van der Waals surface area contributed by atoms with Gasteiger partial charge in [-0.3, -0.25) is 4.79 Å². The Balaban J connectivity index is 2.10. The van der Waals surface area contributed by atoms with Crippen molar-refractivity contribution in [2.24, 2.45) is 5.92 Å². The summed E-state index contributed by atoms with van der Waals surface area (Å²) in [5.74, 6) is -0.616. The van der Waals surface area contributed by atoms with Crippen LogP contribution in [0.3, 0.4) is 0 Å². The lowest BCUT2D eigenvalue weighted by atomic mass is 10.0. The molecule has 0 aromatic heterocycles. The van der Waals surface area contributed by atoms with Gasteiger partial charge in [0.05, 0.1) is 6.10 Å². The first-order valence-corrected chi connectivity index (χ1v) is 5.98.